The number of aromatic nitrogens is 2. The van der Waals surface area contributed by atoms with Gasteiger partial charge in [-0.1, -0.05) is 0 Å². The average Bonchev–Trinajstić information content (AvgIpc) is 2.85. The summed E-state index contributed by atoms with van der Waals surface area (Å²) in [6.45, 7) is 1.38. The Labute approximate surface area is 93.3 Å². The maximum Gasteiger partial charge on any atom is 0.246 e. The van der Waals surface area contributed by atoms with Crippen LogP contribution in [0.3, 0.4) is 0 Å². The van der Waals surface area contributed by atoms with Gasteiger partial charge >= 0.3 is 0 Å². The number of likely N-dealkylation sites (N-methyl/N-ethyl adjacent to an activating group) is 1. The maximum absolute atomic E-state index is 11.5. The van der Waals surface area contributed by atoms with Crippen LogP contribution in [0.1, 0.15) is 6.42 Å². The Morgan fingerprint density at radius 3 is 2.94 bits per heavy atom. The molecule has 6 nitrogen and oxygen atoms in total. The zero-order valence-corrected chi connectivity index (χ0v) is 9.09. The molecule has 1 unspecified atom stereocenters. The number of imide groups is 1. The van der Waals surface area contributed by atoms with Crippen LogP contribution in [0.2, 0.25) is 0 Å². The number of likely N-dealkylation sites (tertiary alicyclic amines) is 1. The van der Waals surface area contributed by atoms with Crippen molar-refractivity contribution in [2.24, 2.45) is 0 Å². The highest BCUT2D eigenvalue weighted by atomic mass is 16.2. The molecule has 1 aliphatic rings. The van der Waals surface area contributed by atoms with Gasteiger partial charge in [0, 0.05) is 32.5 Å². The van der Waals surface area contributed by atoms with Crippen molar-refractivity contribution in [1.82, 2.24) is 19.8 Å². The van der Waals surface area contributed by atoms with Gasteiger partial charge in [-0.25, -0.2) is 4.98 Å². The molecule has 2 amide bonds. The predicted octanol–water partition coefficient (Wildman–Crippen LogP) is -0.770. The fraction of sp³-hybridized carbons (Fsp3) is 0.500. The molecule has 2 rings (SSSR count). The number of imidazole rings is 1. The normalized spacial score (nSPS) is 20.8. The molecule has 1 aromatic heterocycles. The summed E-state index contributed by atoms with van der Waals surface area (Å²) in [5, 5.41) is 3.07. The summed E-state index contributed by atoms with van der Waals surface area (Å²) in [5.74, 6) is -0.263. The Hall–Kier alpha value is -1.69. The lowest BCUT2D eigenvalue weighted by Gasteiger charge is -2.10. The Balaban J connectivity index is 1.79. The molecule has 1 saturated heterocycles. The molecule has 0 saturated carbocycles. The number of nitrogens with one attached hydrogen (secondary N) is 1. The van der Waals surface area contributed by atoms with E-state index in [0.29, 0.717) is 6.54 Å². The summed E-state index contributed by atoms with van der Waals surface area (Å²) in [5.41, 5.74) is 0. The van der Waals surface area contributed by atoms with Gasteiger partial charge < -0.3 is 9.88 Å². The van der Waals surface area contributed by atoms with E-state index >= 15 is 0 Å². The first kappa shape index (κ1) is 10.8. The van der Waals surface area contributed by atoms with E-state index in [1.54, 1.807) is 12.5 Å². The summed E-state index contributed by atoms with van der Waals surface area (Å²) >= 11 is 0. The molecular weight excluding hydrogens is 208 g/mol. The van der Waals surface area contributed by atoms with E-state index in [9.17, 15) is 9.59 Å². The van der Waals surface area contributed by atoms with Crippen LogP contribution < -0.4 is 5.32 Å². The molecule has 86 valence electrons. The van der Waals surface area contributed by atoms with E-state index < -0.39 is 0 Å². The van der Waals surface area contributed by atoms with E-state index in [0.717, 1.165) is 6.54 Å². The predicted molar refractivity (Wildman–Crippen MR) is 56.4 cm³/mol. The Morgan fingerprint density at radius 2 is 2.38 bits per heavy atom. The summed E-state index contributed by atoms with van der Waals surface area (Å²) in [4.78, 5) is 27.9. The molecule has 0 radical (unpaired) electrons. The third-order valence-electron chi connectivity index (χ3n) is 2.70. The topological polar surface area (TPSA) is 67.2 Å². The van der Waals surface area contributed by atoms with Crippen LogP contribution >= 0.6 is 0 Å². The Kier molecular flexibility index (Phi) is 3.00. The second-order valence-corrected chi connectivity index (χ2v) is 3.80. The summed E-state index contributed by atoms with van der Waals surface area (Å²) in [7, 11) is 1.52. The number of amides is 2. The lowest BCUT2D eigenvalue weighted by Crippen LogP contribution is -2.38. The van der Waals surface area contributed by atoms with Gasteiger partial charge in [-0.05, 0) is 0 Å². The molecule has 6 heteroatoms. The number of rotatable bonds is 4. The first-order chi connectivity index (χ1) is 7.68. The first-order valence-corrected chi connectivity index (χ1v) is 5.18. The van der Waals surface area contributed by atoms with Gasteiger partial charge in [0.1, 0.15) is 0 Å². The van der Waals surface area contributed by atoms with Gasteiger partial charge in [-0.3, -0.25) is 14.5 Å². The zero-order valence-electron chi connectivity index (χ0n) is 9.09. The van der Waals surface area contributed by atoms with Crippen molar-refractivity contribution in [3.8, 4) is 0 Å². The van der Waals surface area contributed by atoms with Crippen molar-refractivity contribution in [3.05, 3.63) is 18.7 Å². The molecule has 1 N–H and O–H groups in total. The third kappa shape index (κ3) is 2.11. The third-order valence-corrected chi connectivity index (χ3v) is 2.70. The SMILES string of the molecule is CN1C(=O)CC(NCCn2ccnc2)C1=O. The molecule has 2 heterocycles. The zero-order chi connectivity index (χ0) is 11.5. The molecule has 1 aliphatic heterocycles. The molecule has 0 spiro atoms. The van der Waals surface area contributed by atoms with Crippen LogP contribution in [0.4, 0.5) is 0 Å². The summed E-state index contributed by atoms with van der Waals surface area (Å²) in [6, 6.07) is -0.360. The molecule has 1 atom stereocenters. The van der Waals surface area contributed by atoms with Crippen molar-refractivity contribution >= 4 is 11.8 Å². The van der Waals surface area contributed by atoms with E-state index in [4.69, 9.17) is 0 Å². The van der Waals surface area contributed by atoms with Gasteiger partial charge in [-0.15, -0.1) is 0 Å². The Morgan fingerprint density at radius 1 is 1.56 bits per heavy atom. The number of carbonyl (C=O) groups is 2. The number of hydrogen-bond donors (Lipinski definition) is 1. The van der Waals surface area contributed by atoms with E-state index in [-0.39, 0.29) is 24.3 Å². The summed E-state index contributed by atoms with van der Waals surface area (Å²) in [6.07, 6.45) is 5.54. The number of nitrogens with zero attached hydrogens (tertiary/aromatic N) is 3. The highest BCUT2D eigenvalue weighted by Gasteiger charge is 2.35. The van der Waals surface area contributed by atoms with Gasteiger partial charge in [0.2, 0.25) is 11.8 Å². The van der Waals surface area contributed by atoms with Crippen molar-refractivity contribution in [1.29, 1.82) is 0 Å². The van der Waals surface area contributed by atoms with Gasteiger partial charge in [0.15, 0.2) is 0 Å². The van der Waals surface area contributed by atoms with Gasteiger partial charge in [-0.2, -0.15) is 0 Å². The molecule has 0 aliphatic carbocycles. The largest absolute Gasteiger partial charge is 0.336 e. The second-order valence-electron chi connectivity index (χ2n) is 3.80. The second kappa shape index (κ2) is 4.44. The van der Waals surface area contributed by atoms with Crippen LogP contribution in [-0.4, -0.2) is 45.9 Å². The molecule has 0 bridgehead atoms. The lowest BCUT2D eigenvalue weighted by atomic mass is 10.2. The van der Waals surface area contributed by atoms with E-state index in [2.05, 4.69) is 10.3 Å². The maximum atomic E-state index is 11.5. The monoisotopic (exact) mass is 222 g/mol. The van der Waals surface area contributed by atoms with Crippen LogP contribution in [-0.2, 0) is 16.1 Å². The molecule has 16 heavy (non-hydrogen) atoms. The number of hydrogen-bond acceptors (Lipinski definition) is 4. The van der Waals surface area contributed by atoms with Gasteiger partial charge in [0.05, 0.1) is 18.8 Å². The van der Waals surface area contributed by atoms with Crippen LogP contribution in [0.15, 0.2) is 18.7 Å². The minimum absolute atomic E-state index is 0.120. The van der Waals surface area contributed by atoms with Crippen molar-refractivity contribution in [3.63, 3.8) is 0 Å². The smallest absolute Gasteiger partial charge is 0.246 e. The average molecular weight is 222 g/mol. The number of carbonyl (C=O) groups excluding carboxylic acids is 2. The molecule has 1 fully saturated rings. The Bertz CT molecular complexity index is 388. The molecular formula is C10H14N4O2. The van der Waals surface area contributed by atoms with Crippen molar-refractivity contribution in [2.45, 2.75) is 19.0 Å². The van der Waals surface area contributed by atoms with Crippen LogP contribution in [0, 0.1) is 0 Å². The van der Waals surface area contributed by atoms with Crippen molar-refractivity contribution in [2.75, 3.05) is 13.6 Å². The fourth-order valence-electron chi connectivity index (χ4n) is 1.70. The lowest BCUT2D eigenvalue weighted by molar-refractivity contribution is -0.137. The van der Waals surface area contributed by atoms with Crippen molar-refractivity contribution < 1.29 is 9.59 Å². The quantitative estimate of drug-likeness (QED) is 0.679. The van der Waals surface area contributed by atoms with Crippen LogP contribution in [0.25, 0.3) is 0 Å². The first-order valence-electron chi connectivity index (χ1n) is 5.18. The van der Waals surface area contributed by atoms with E-state index in [1.807, 2.05) is 10.8 Å². The molecule has 0 aromatic carbocycles. The molecule has 1 aromatic rings. The fourth-order valence-corrected chi connectivity index (χ4v) is 1.70. The minimum atomic E-state index is -0.360. The highest BCUT2D eigenvalue weighted by molar-refractivity contribution is 6.05. The standard InChI is InChI=1S/C10H14N4O2/c1-13-9(15)6-8(10(13)16)12-3-5-14-4-2-11-7-14/h2,4,7-8,12H,3,5-6H2,1H3. The van der Waals surface area contributed by atoms with E-state index in [1.165, 1.54) is 11.9 Å². The highest BCUT2D eigenvalue weighted by Crippen LogP contribution is 2.09. The minimum Gasteiger partial charge on any atom is -0.336 e. The van der Waals surface area contributed by atoms with Crippen LogP contribution in [0.5, 0.6) is 0 Å². The summed E-state index contributed by atoms with van der Waals surface area (Å²) < 4.78 is 1.91. The van der Waals surface area contributed by atoms with Gasteiger partial charge in [0.25, 0.3) is 0 Å².